The van der Waals surface area contributed by atoms with Crippen LogP contribution in [0.15, 0.2) is 12.7 Å². The number of hydrogen-bond acceptors (Lipinski definition) is 11. The topological polar surface area (TPSA) is 248 Å². The Labute approximate surface area is 146 Å². The number of imidazole rings is 1. The lowest BCUT2D eigenvalue weighted by atomic mass is 10.0. The number of aromatic nitrogens is 4. The van der Waals surface area contributed by atoms with Crippen LogP contribution in [0.2, 0.25) is 0 Å². The van der Waals surface area contributed by atoms with E-state index in [1.54, 1.807) is 0 Å². The molecule has 4 atom stereocenters. The third-order valence-electron chi connectivity index (χ3n) is 2.98. The number of aliphatic hydroxyl groups excluding tert-OH is 5. The summed E-state index contributed by atoms with van der Waals surface area (Å²) in [6, 6.07) is 0. The minimum absolute atomic E-state index is 0.409. The van der Waals surface area contributed by atoms with E-state index < -0.39 is 45.5 Å². The molecule has 2 aromatic rings. The lowest BCUT2D eigenvalue weighted by Crippen LogP contribution is -2.47. The Morgan fingerprint density at radius 1 is 1.12 bits per heavy atom. The van der Waals surface area contributed by atoms with E-state index in [2.05, 4.69) is 24.5 Å². The second kappa shape index (κ2) is 9.82. The number of aromatic amines is 1. The number of nitrogens with two attached hydrogens (primary N) is 1. The molecule has 2 heterocycles. The smallest absolute Gasteiger partial charge is 0.394 e. The molecule has 0 aliphatic carbocycles. The van der Waals surface area contributed by atoms with Gasteiger partial charge in [-0.2, -0.15) is 0 Å². The third kappa shape index (κ3) is 6.87. The van der Waals surface area contributed by atoms with Crippen molar-refractivity contribution in [3.8, 4) is 0 Å². The molecule has 0 aliphatic rings. The van der Waals surface area contributed by atoms with Crippen LogP contribution in [0, 0.1) is 0 Å². The van der Waals surface area contributed by atoms with Gasteiger partial charge < -0.3 is 46.0 Å². The van der Waals surface area contributed by atoms with Gasteiger partial charge in [-0.3, -0.25) is 4.52 Å². The highest BCUT2D eigenvalue weighted by Gasteiger charge is 2.31. The highest BCUT2D eigenvalue weighted by atomic mass is 31.2. The average molecular weight is 397 g/mol. The van der Waals surface area contributed by atoms with Crippen LogP contribution >= 0.6 is 7.82 Å². The first kappa shape index (κ1) is 22.3. The number of nitrogens with one attached hydrogen (secondary N) is 1. The van der Waals surface area contributed by atoms with Crippen molar-refractivity contribution < 1.29 is 44.4 Å². The molecule has 0 saturated carbocycles. The fourth-order valence-electron chi connectivity index (χ4n) is 1.62. The zero-order valence-electron chi connectivity index (χ0n) is 13.2. The zero-order chi connectivity index (χ0) is 19.9. The summed E-state index contributed by atoms with van der Waals surface area (Å²) in [5.74, 6) is 0.409. The summed E-state index contributed by atoms with van der Waals surface area (Å²) in [5, 5.41) is 44.8. The fourth-order valence-corrected chi connectivity index (χ4v) is 1.97. The predicted molar refractivity (Wildman–Crippen MR) is 85.2 cm³/mol. The average Bonchev–Trinajstić information content (AvgIpc) is 3.07. The standard InChI is InChI=1S/C6H15O9P.C5H5N5/c7-1-3(8)5(10)6(11)4(9)2-15-16(12,13)14;6-4-3-5(9-1-7-3)10-2-8-4/h3-11H,1-2H2,(H2,12,13,14);1-2H,(H3,6,7,8,9,10)/t3-,4-,5-,6-;/m1./s1. The largest absolute Gasteiger partial charge is 0.469 e. The Hall–Kier alpha value is -1.74. The molecule has 14 nitrogen and oxygen atoms in total. The van der Waals surface area contributed by atoms with Crippen LogP contribution in [0.3, 0.4) is 0 Å². The maximum atomic E-state index is 10.2. The SMILES string of the molecule is Nc1ncnc2[nH]cnc12.O=P(O)(O)OC[C@@H](O)[C@@H](O)[C@H](O)[C@H](O)CO. The number of H-pyrrole nitrogens is 1. The Morgan fingerprint density at radius 2 is 1.73 bits per heavy atom. The van der Waals surface area contributed by atoms with Gasteiger partial charge in [0.1, 0.15) is 36.3 Å². The van der Waals surface area contributed by atoms with Crippen LogP contribution in [-0.4, -0.2) is 92.9 Å². The zero-order valence-corrected chi connectivity index (χ0v) is 14.1. The van der Waals surface area contributed by atoms with Crippen molar-refractivity contribution in [1.82, 2.24) is 19.9 Å². The highest BCUT2D eigenvalue weighted by molar-refractivity contribution is 7.46. The molecule has 148 valence electrons. The van der Waals surface area contributed by atoms with E-state index in [1.165, 1.54) is 12.7 Å². The number of rotatable bonds is 7. The molecule has 0 bridgehead atoms. The number of anilines is 1. The van der Waals surface area contributed by atoms with E-state index >= 15 is 0 Å². The lowest BCUT2D eigenvalue weighted by Gasteiger charge is -2.25. The van der Waals surface area contributed by atoms with Gasteiger partial charge in [-0.15, -0.1) is 0 Å². The quantitative estimate of drug-likeness (QED) is 0.206. The van der Waals surface area contributed by atoms with Crippen molar-refractivity contribution in [1.29, 1.82) is 0 Å². The first-order valence-corrected chi connectivity index (χ1v) is 8.52. The molecule has 0 saturated heterocycles. The highest BCUT2D eigenvalue weighted by Crippen LogP contribution is 2.35. The van der Waals surface area contributed by atoms with Crippen molar-refractivity contribution in [2.75, 3.05) is 18.9 Å². The number of phosphoric ester groups is 1. The van der Waals surface area contributed by atoms with E-state index in [1.807, 2.05) is 0 Å². The molecule has 0 radical (unpaired) electrons. The van der Waals surface area contributed by atoms with Crippen LogP contribution in [0.1, 0.15) is 0 Å². The van der Waals surface area contributed by atoms with Gasteiger partial charge in [-0.05, 0) is 0 Å². The molecule has 0 unspecified atom stereocenters. The number of aliphatic hydroxyl groups is 5. The molecule has 0 spiro atoms. The number of hydrogen-bond donors (Lipinski definition) is 9. The van der Waals surface area contributed by atoms with Gasteiger partial charge in [0, 0.05) is 0 Å². The molecule has 0 aliphatic heterocycles. The number of fused-ring (bicyclic) bond motifs is 1. The number of nitrogens with zero attached hydrogens (tertiary/aromatic N) is 3. The molecule has 15 heteroatoms. The van der Waals surface area contributed by atoms with Gasteiger partial charge >= 0.3 is 7.82 Å². The number of phosphoric acid groups is 1. The van der Waals surface area contributed by atoms with Crippen LogP contribution in [0.4, 0.5) is 5.82 Å². The van der Waals surface area contributed by atoms with Gasteiger partial charge in [0.15, 0.2) is 11.5 Å². The maximum Gasteiger partial charge on any atom is 0.469 e. The van der Waals surface area contributed by atoms with Gasteiger partial charge in [0.25, 0.3) is 0 Å². The predicted octanol–water partition coefficient (Wildman–Crippen LogP) is -3.53. The summed E-state index contributed by atoms with van der Waals surface area (Å²) < 4.78 is 14.1. The normalized spacial score (nSPS) is 16.4. The molecular weight excluding hydrogens is 377 g/mol. The monoisotopic (exact) mass is 397 g/mol. The van der Waals surface area contributed by atoms with Crippen molar-refractivity contribution in [2.24, 2.45) is 0 Å². The molecule has 0 fully saturated rings. The summed E-state index contributed by atoms with van der Waals surface area (Å²) in [4.78, 5) is 31.0. The fraction of sp³-hybridized carbons (Fsp3) is 0.545. The molecule has 0 aromatic carbocycles. The summed E-state index contributed by atoms with van der Waals surface area (Å²) in [7, 11) is -4.78. The van der Waals surface area contributed by atoms with E-state index in [9.17, 15) is 9.67 Å². The van der Waals surface area contributed by atoms with Crippen molar-refractivity contribution in [3.63, 3.8) is 0 Å². The Balaban J connectivity index is 0.000000284. The second-order valence-electron chi connectivity index (χ2n) is 4.94. The summed E-state index contributed by atoms with van der Waals surface area (Å²) in [6.07, 6.45) is -4.33. The van der Waals surface area contributed by atoms with E-state index in [0.717, 1.165) is 0 Å². The minimum Gasteiger partial charge on any atom is -0.394 e. The molecule has 2 rings (SSSR count). The van der Waals surface area contributed by atoms with E-state index in [0.29, 0.717) is 17.0 Å². The van der Waals surface area contributed by atoms with Gasteiger partial charge in [0.05, 0.1) is 19.5 Å². The minimum atomic E-state index is -4.78. The maximum absolute atomic E-state index is 10.2. The van der Waals surface area contributed by atoms with Crippen LogP contribution < -0.4 is 5.73 Å². The molecule has 2 aromatic heterocycles. The summed E-state index contributed by atoms with van der Waals surface area (Å²) >= 11 is 0. The van der Waals surface area contributed by atoms with E-state index in [4.69, 9.17) is 35.9 Å². The molecule has 26 heavy (non-hydrogen) atoms. The number of nitrogen functional groups attached to an aromatic ring is 1. The Bertz CT molecular complexity index is 725. The molecule has 10 N–H and O–H groups in total. The Kier molecular flexibility index (Phi) is 8.42. The summed E-state index contributed by atoms with van der Waals surface area (Å²) in [6.45, 7) is -1.77. The molecule has 0 amide bonds. The first-order valence-electron chi connectivity index (χ1n) is 6.99. The first-order chi connectivity index (χ1) is 12.1. The third-order valence-corrected chi connectivity index (χ3v) is 3.47. The van der Waals surface area contributed by atoms with Gasteiger partial charge in [-0.1, -0.05) is 0 Å². The van der Waals surface area contributed by atoms with Crippen LogP contribution in [-0.2, 0) is 9.09 Å². The Morgan fingerprint density at radius 3 is 2.27 bits per heavy atom. The van der Waals surface area contributed by atoms with E-state index in [-0.39, 0.29) is 0 Å². The van der Waals surface area contributed by atoms with Gasteiger partial charge in [-0.25, -0.2) is 19.5 Å². The lowest BCUT2D eigenvalue weighted by molar-refractivity contribution is -0.122. The summed E-state index contributed by atoms with van der Waals surface area (Å²) in [5.41, 5.74) is 6.77. The van der Waals surface area contributed by atoms with Gasteiger partial charge in [0.2, 0.25) is 0 Å². The van der Waals surface area contributed by atoms with Crippen molar-refractivity contribution >= 4 is 24.8 Å². The van der Waals surface area contributed by atoms with Crippen molar-refractivity contribution in [2.45, 2.75) is 24.4 Å². The van der Waals surface area contributed by atoms with Crippen LogP contribution in [0.5, 0.6) is 0 Å². The van der Waals surface area contributed by atoms with Crippen LogP contribution in [0.25, 0.3) is 11.2 Å². The molecular formula is C11H20N5O9P. The van der Waals surface area contributed by atoms with Crippen molar-refractivity contribution in [3.05, 3.63) is 12.7 Å². The second-order valence-corrected chi connectivity index (χ2v) is 6.18.